The number of rotatable bonds is 11. The quantitative estimate of drug-likeness (QED) is 0.180. The first kappa shape index (κ1) is 38.2. The maximum atomic E-state index is 15.2. The zero-order chi connectivity index (χ0) is 39.2. The third kappa shape index (κ3) is 6.88. The van der Waals surface area contributed by atoms with Crippen molar-refractivity contribution in [2.24, 2.45) is 5.92 Å². The topological polar surface area (TPSA) is 141 Å². The van der Waals surface area contributed by atoms with Crippen molar-refractivity contribution in [1.82, 2.24) is 15.0 Å². The Balaban J connectivity index is 1.11. The van der Waals surface area contributed by atoms with Gasteiger partial charge in [0.05, 0.1) is 36.6 Å². The number of aromatic nitrogens is 3. The molecule has 1 aromatic heterocycles. The number of carbonyl (C=O) groups is 3. The Morgan fingerprint density at radius 2 is 1.55 bits per heavy atom. The van der Waals surface area contributed by atoms with Crippen LogP contribution in [0.5, 0.6) is 0 Å². The summed E-state index contributed by atoms with van der Waals surface area (Å²) >= 11 is 0. The fourth-order valence-corrected chi connectivity index (χ4v) is 12.3. The fourth-order valence-electron chi connectivity index (χ4n) is 9.68. The van der Waals surface area contributed by atoms with E-state index in [1.54, 1.807) is 9.58 Å². The van der Waals surface area contributed by atoms with Crippen molar-refractivity contribution in [2.75, 3.05) is 34.4 Å². The number of aliphatic hydroxyl groups excluding tert-OH is 1. The molecule has 0 aliphatic carbocycles. The molecule has 12 nitrogen and oxygen atoms in total. The SMILES string of the molecule is C[C@@H]1[C@@H]([Si](C)(C)O)[C@H](CCn2cc(C(CO)c3ccccc3)nn2)O[C@@]12C(=O)N(Cc1ccc(N3CCCCC3=O)cc1)c1ccc(N3CCCCC3=O)cc12. The van der Waals surface area contributed by atoms with Crippen LogP contribution in [0.4, 0.5) is 17.1 Å². The number of nitrogens with zero attached hydrogens (tertiary/aromatic N) is 6. The van der Waals surface area contributed by atoms with Crippen molar-refractivity contribution in [1.29, 1.82) is 0 Å². The largest absolute Gasteiger partial charge is 0.432 e. The standard InChI is InChI=1S/C43H52N6O6Si/c1-29-41(56(2,3)54)38(21-24-46-27-36(44-45-46)34(28-50)31-11-5-4-6-12-31)55-43(29)35-25-33(48-23-10-8-14-40(48)52)19-20-37(35)49(42(43)53)26-30-15-17-32(18-16-30)47-22-9-7-13-39(47)51/h4-6,11-12,15-20,25,27,29,34,38,41,50,54H,7-10,13-14,21-24,26,28H2,1-3H3/t29-,34?,38+,41-,43+/m1/s1. The number of aliphatic hydroxyl groups is 1. The van der Waals surface area contributed by atoms with E-state index in [1.165, 1.54) is 0 Å². The lowest BCUT2D eigenvalue weighted by molar-refractivity contribution is -0.146. The van der Waals surface area contributed by atoms with Crippen molar-refractivity contribution in [3.63, 3.8) is 0 Å². The van der Waals surface area contributed by atoms with Crippen molar-refractivity contribution >= 4 is 43.1 Å². The van der Waals surface area contributed by atoms with Crippen LogP contribution >= 0.6 is 0 Å². The molecule has 2 N–H and O–H groups in total. The van der Waals surface area contributed by atoms with Gasteiger partial charge in [0, 0.05) is 67.1 Å². The zero-order valence-corrected chi connectivity index (χ0v) is 33.5. The summed E-state index contributed by atoms with van der Waals surface area (Å²) in [5, 5.41) is 19.0. The Kier molecular flexibility index (Phi) is 10.5. The normalized spacial score (nSPS) is 24.7. The van der Waals surface area contributed by atoms with Gasteiger partial charge in [-0.25, -0.2) is 0 Å². The Bertz CT molecular complexity index is 2090. The van der Waals surface area contributed by atoms with E-state index in [4.69, 9.17) is 4.74 Å². The van der Waals surface area contributed by atoms with Gasteiger partial charge in [-0.15, -0.1) is 5.10 Å². The summed E-state index contributed by atoms with van der Waals surface area (Å²) in [5.74, 6) is -0.661. The second-order valence-corrected chi connectivity index (χ2v) is 20.4. The molecule has 1 unspecified atom stereocenters. The number of hydrogen-bond acceptors (Lipinski definition) is 8. The smallest absolute Gasteiger partial charge is 0.264 e. The molecule has 294 valence electrons. The first-order valence-corrected chi connectivity index (χ1v) is 23.1. The second-order valence-electron chi connectivity index (χ2n) is 16.5. The summed E-state index contributed by atoms with van der Waals surface area (Å²) in [5.41, 5.74) is 3.93. The highest BCUT2D eigenvalue weighted by molar-refractivity contribution is 6.71. The van der Waals surface area contributed by atoms with Gasteiger partial charge < -0.3 is 29.3 Å². The van der Waals surface area contributed by atoms with Gasteiger partial charge in [0.15, 0.2) is 13.9 Å². The summed E-state index contributed by atoms with van der Waals surface area (Å²) in [6.07, 6.45) is 6.58. The molecule has 3 aromatic carbocycles. The minimum Gasteiger partial charge on any atom is -0.432 e. The van der Waals surface area contributed by atoms with E-state index < -0.39 is 20.0 Å². The number of amides is 3. The van der Waals surface area contributed by atoms with Crippen LogP contribution in [0.15, 0.2) is 79.0 Å². The van der Waals surface area contributed by atoms with Crippen molar-refractivity contribution in [3.05, 3.63) is 101 Å². The second kappa shape index (κ2) is 15.3. The average Bonchev–Trinajstić information content (AvgIpc) is 3.85. The van der Waals surface area contributed by atoms with Crippen LogP contribution in [0, 0.1) is 5.92 Å². The highest BCUT2D eigenvalue weighted by Crippen LogP contribution is 2.60. The van der Waals surface area contributed by atoms with Gasteiger partial charge in [-0.2, -0.15) is 0 Å². The average molecular weight is 777 g/mol. The monoisotopic (exact) mass is 776 g/mol. The maximum Gasteiger partial charge on any atom is 0.264 e. The Morgan fingerprint density at radius 3 is 2.20 bits per heavy atom. The summed E-state index contributed by atoms with van der Waals surface area (Å²) in [4.78, 5) is 58.3. The van der Waals surface area contributed by atoms with Gasteiger partial charge in [0.2, 0.25) is 11.8 Å². The molecular formula is C43H52N6O6Si. The maximum absolute atomic E-state index is 15.2. The van der Waals surface area contributed by atoms with Gasteiger partial charge in [-0.1, -0.05) is 54.6 Å². The van der Waals surface area contributed by atoms with E-state index in [0.29, 0.717) is 51.1 Å². The van der Waals surface area contributed by atoms with E-state index in [-0.39, 0.29) is 41.7 Å². The summed E-state index contributed by atoms with van der Waals surface area (Å²) in [6, 6.07) is 23.5. The Labute approximate surface area is 329 Å². The van der Waals surface area contributed by atoms with E-state index in [2.05, 4.69) is 10.3 Å². The molecule has 0 saturated carbocycles. The van der Waals surface area contributed by atoms with Crippen LogP contribution < -0.4 is 14.7 Å². The zero-order valence-electron chi connectivity index (χ0n) is 32.5. The van der Waals surface area contributed by atoms with Gasteiger partial charge in [0.1, 0.15) is 0 Å². The number of piperidine rings is 2. The molecule has 0 radical (unpaired) electrons. The number of fused-ring (bicyclic) bond motifs is 2. The van der Waals surface area contributed by atoms with Crippen molar-refractivity contribution in [3.8, 4) is 0 Å². The number of aryl methyl sites for hydroxylation is 1. The first-order valence-electron chi connectivity index (χ1n) is 20.1. The molecule has 4 aromatic rings. The molecule has 1 spiro atoms. The third-order valence-electron chi connectivity index (χ3n) is 12.5. The molecule has 4 aliphatic heterocycles. The molecule has 3 amide bonds. The molecule has 5 heterocycles. The van der Waals surface area contributed by atoms with Gasteiger partial charge in [-0.05, 0) is 86.7 Å². The Morgan fingerprint density at radius 1 is 0.893 bits per heavy atom. The van der Waals surface area contributed by atoms with Gasteiger partial charge >= 0.3 is 0 Å². The van der Waals surface area contributed by atoms with Crippen LogP contribution in [0.1, 0.15) is 80.2 Å². The van der Waals surface area contributed by atoms with Crippen molar-refractivity contribution in [2.45, 2.75) is 101 Å². The molecule has 8 rings (SSSR count). The molecule has 3 saturated heterocycles. The Hall–Kier alpha value is -4.69. The third-order valence-corrected chi connectivity index (χ3v) is 15.0. The summed E-state index contributed by atoms with van der Waals surface area (Å²) in [6.45, 7) is 7.81. The predicted octanol–water partition coefficient (Wildman–Crippen LogP) is 5.87. The molecule has 13 heteroatoms. The van der Waals surface area contributed by atoms with E-state index in [9.17, 15) is 19.5 Å². The number of benzene rings is 3. The number of ether oxygens (including phenoxy) is 1. The number of carbonyl (C=O) groups excluding carboxylic acids is 3. The van der Waals surface area contributed by atoms with Crippen LogP contribution in [0.2, 0.25) is 18.6 Å². The lowest BCUT2D eigenvalue weighted by atomic mass is 9.82. The summed E-state index contributed by atoms with van der Waals surface area (Å²) < 4.78 is 8.90. The lowest BCUT2D eigenvalue weighted by Crippen LogP contribution is -2.46. The molecule has 4 aliphatic rings. The van der Waals surface area contributed by atoms with Crippen LogP contribution in [0.3, 0.4) is 0 Å². The molecule has 56 heavy (non-hydrogen) atoms. The van der Waals surface area contributed by atoms with Crippen LogP contribution in [-0.2, 0) is 37.8 Å². The molecule has 0 bridgehead atoms. The molecule has 3 fully saturated rings. The molecule has 5 atom stereocenters. The highest BCUT2D eigenvalue weighted by Gasteiger charge is 2.66. The lowest BCUT2D eigenvalue weighted by Gasteiger charge is -2.33. The minimum atomic E-state index is -2.95. The van der Waals surface area contributed by atoms with Crippen molar-refractivity contribution < 1.29 is 29.0 Å². The summed E-state index contributed by atoms with van der Waals surface area (Å²) in [7, 11) is -2.95. The fraction of sp³-hybridized carbons (Fsp3) is 0.465. The highest BCUT2D eigenvalue weighted by atomic mass is 28.4. The van der Waals surface area contributed by atoms with E-state index in [0.717, 1.165) is 59.4 Å². The minimum absolute atomic E-state index is 0.0710. The number of anilines is 3. The van der Waals surface area contributed by atoms with Gasteiger partial charge in [-0.3, -0.25) is 19.1 Å². The van der Waals surface area contributed by atoms with E-state index >= 15 is 4.79 Å². The molecular weight excluding hydrogens is 725 g/mol. The van der Waals surface area contributed by atoms with Crippen LogP contribution in [-0.4, -0.2) is 76.7 Å². The first-order chi connectivity index (χ1) is 27.0. The number of hydrogen-bond donors (Lipinski definition) is 2. The van der Waals surface area contributed by atoms with Crippen LogP contribution in [0.25, 0.3) is 0 Å². The van der Waals surface area contributed by atoms with E-state index in [1.807, 2.05) is 109 Å². The predicted molar refractivity (Wildman–Crippen MR) is 216 cm³/mol. The van der Waals surface area contributed by atoms with Gasteiger partial charge in [0.25, 0.3) is 5.91 Å².